The van der Waals surface area contributed by atoms with E-state index in [0.29, 0.717) is 39.7 Å². The molecule has 0 bridgehead atoms. The lowest BCUT2D eigenvalue weighted by Crippen LogP contribution is -2.66. The van der Waals surface area contributed by atoms with E-state index in [1.54, 1.807) is 6.07 Å². The van der Waals surface area contributed by atoms with E-state index >= 15 is 0 Å². The molecule has 24 nitrogen and oxygen atoms in total. The highest BCUT2D eigenvalue weighted by Crippen LogP contribution is 2.36. The normalized spacial score (nSPS) is 19.0. The average Bonchev–Trinajstić information content (AvgIpc) is 1.84. The van der Waals surface area contributed by atoms with Gasteiger partial charge in [-0.3, -0.25) is 28.8 Å². The molecule has 1 fully saturated rings. The van der Waals surface area contributed by atoms with Gasteiger partial charge in [0.2, 0.25) is 23.6 Å². The fourth-order valence-electron chi connectivity index (χ4n) is 10.4. The maximum atomic E-state index is 14.2. The zero-order valence-electron chi connectivity index (χ0n) is 53.9. The highest BCUT2D eigenvalue weighted by molar-refractivity contribution is 7.32. The van der Waals surface area contributed by atoms with E-state index in [-0.39, 0.29) is 18.6 Å². The summed E-state index contributed by atoms with van der Waals surface area (Å²) in [6.45, 7) is 8.36. The van der Waals surface area contributed by atoms with Gasteiger partial charge in [-0.2, -0.15) is 0 Å². The lowest BCUT2D eigenvalue weighted by Gasteiger charge is -2.43. The third-order valence-electron chi connectivity index (χ3n) is 15.7. The maximum absolute atomic E-state index is 14.2. The van der Waals surface area contributed by atoms with E-state index in [9.17, 15) is 59.1 Å². The Morgan fingerprint density at radius 2 is 1.23 bits per heavy atom. The number of nitrogens with one attached hydrogen (secondary N) is 2. The molecule has 88 heavy (non-hydrogen) atoms. The van der Waals surface area contributed by atoms with Crippen molar-refractivity contribution in [2.24, 2.45) is 17.2 Å². The predicted molar refractivity (Wildman–Crippen MR) is 337 cm³/mol. The van der Waals surface area contributed by atoms with Crippen LogP contribution in [0.3, 0.4) is 0 Å². The quantitative estimate of drug-likeness (QED) is 0.0240. The molecule has 2 rings (SSSR count). The third-order valence-corrected chi connectivity index (χ3v) is 16.7. The minimum atomic E-state index is -2.27. The Hall–Kier alpha value is -4.65. The van der Waals surface area contributed by atoms with E-state index in [1.807, 2.05) is 5.80 Å². The van der Waals surface area contributed by atoms with Gasteiger partial charge in [0, 0.05) is 39.3 Å². The molecule has 25 heteroatoms. The van der Waals surface area contributed by atoms with Crippen LogP contribution in [-0.4, -0.2) is 177 Å². The topological polar surface area (TPSA) is 392 Å². The Kier molecular flexibility index (Phi) is 44.5. The van der Waals surface area contributed by atoms with Gasteiger partial charge in [0.15, 0.2) is 29.7 Å². The second-order valence-corrected chi connectivity index (χ2v) is 24.7. The number of aliphatic hydroxyl groups is 4. The number of aliphatic hydroxyl groups excluding tert-OH is 4. The molecule has 0 radical (unpaired) electrons. The summed E-state index contributed by atoms with van der Waals surface area (Å²) in [5.74, 6) is -4.37. The molecule has 0 aliphatic carbocycles. The Labute approximate surface area is 525 Å². The van der Waals surface area contributed by atoms with E-state index < -0.39 is 141 Å². The number of nitrogens with two attached hydrogens (primary N) is 3. The minimum absolute atomic E-state index is 0.00392. The minimum Gasteiger partial charge on any atom is -0.504 e. The van der Waals surface area contributed by atoms with Crippen LogP contribution in [0.2, 0.25) is 0 Å². The lowest BCUT2D eigenvalue weighted by atomic mass is 9.89. The number of aromatic hydroxyl groups is 1. The molecule has 1 aromatic heterocycles. The Morgan fingerprint density at radius 1 is 0.750 bits per heavy atom. The number of rotatable bonds is 50. The van der Waals surface area contributed by atoms with Gasteiger partial charge in [-0.25, -0.2) is 4.79 Å². The molecule has 1 aliphatic rings. The first-order valence-corrected chi connectivity index (χ1v) is 33.7. The van der Waals surface area contributed by atoms with Crippen molar-refractivity contribution in [3.63, 3.8) is 0 Å². The van der Waals surface area contributed by atoms with Crippen LogP contribution in [0.1, 0.15) is 234 Å². The maximum Gasteiger partial charge on any atom is 0.326 e. The molecule has 1 saturated heterocycles. The van der Waals surface area contributed by atoms with Crippen LogP contribution in [0.15, 0.2) is 11.9 Å². The number of hydrogen-bond acceptors (Lipinski definition) is 19. The summed E-state index contributed by atoms with van der Waals surface area (Å²) < 4.78 is 27.8. The van der Waals surface area contributed by atoms with Crippen LogP contribution in [0, 0.1) is 0 Å². The fourth-order valence-corrected chi connectivity index (χ4v) is 11.2. The first-order chi connectivity index (χ1) is 42.0. The number of carbonyl (C=O) groups excluding carboxylic acids is 6. The molecule has 12 atom stereocenters. The zero-order chi connectivity index (χ0) is 65.9. The van der Waals surface area contributed by atoms with Crippen LogP contribution in [0.4, 0.5) is 0 Å². The van der Waals surface area contributed by atoms with Gasteiger partial charge in [-0.15, -0.1) is 0 Å². The summed E-state index contributed by atoms with van der Waals surface area (Å²) in [5, 5.41) is 65.7. The van der Waals surface area contributed by atoms with Gasteiger partial charge in [0.25, 0.3) is 0 Å². The van der Waals surface area contributed by atoms with Gasteiger partial charge in [-0.1, -0.05) is 176 Å². The third kappa shape index (κ3) is 34.0. The molecule has 0 aromatic carbocycles. The van der Waals surface area contributed by atoms with E-state index in [2.05, 4.69) is 24.5 Å². The number of nitrogens with zero attached hydrogens (tertiary/aromatic N) is 1. The van der Waals surface area contributed by atoms with Crippen LogP contribution in [0.25, 0.3) is 0 Å². The summed E-state index contributed by atoms with van der Waals surface area (Å²) in [7, 11) is 0.461. The first-order valence-electron chi connectivity index (χ1n) is 32.7. The van der Waals surface area contributed by atoms with Crippen LogP contribution in [-0.2, 0) is 52.5 Å². The van der Waals surface area contributed by atoms with Crippen LogP contribution in [0.5, 0.6) is 11.2 Å². The van der Waals surface area contributed by atoms with Gasteiger partial charge in [-0.05, 0) is 51.9 Å². The summed E-state index contributed by atoms with van der Waals surface area (Å²) >= 11 is 0. The molecule has 14 N–H and O–H groups in total. The molecule has 4 amide bonds. The lowest BCUT2D eigenvalue weighted by molar-refractivity contribution is -0.268. The number of hydrogen-bond donors (Lipinski definition) is 11. The van der Waals surface area contributed by atoms with Gasteiger partial charge < -0.3 is 87.1 Å². The standard InChI is InChI=1S/C57H105N5O16.C6H10NO2P/c1-7-9-11-13-15-17-19-21-23-25-27-29-31-33-47(67)76-45(39-64)52(78-48(68)34-32-30-28-26-24-22-20-18-16-14-12-10-8-2)57(6,59)56(74)61-43(53(58)70)35-36-46(66)62(41(4)54(71)72)37-40(3)75-51-49(60-42(5)65)55(73)77-44(38-63)50(51)69;7-2-3-9-6-5(8)1-4-10-6/h40-41,43-45,49-52,55,63-64,69,73H,7-39,59H2,1-6H3,(H2,58,70)(H,60,65)(H,61,74)(H,71,72);1,4,8,10H,2-3,7H2/t40?,41-,43+,44+,45-,49+,50+,51+,52?,55-,57+;/m0./s1. The zero-order valence-corrected chi connectivity index (χ0v) is 54.9. The second kappa shape index (κ2) is 48.2. The summed E-state index contributed by atoms with van der Waals surface area (Å²) in [5.41, 5.74) is 16.0. The highest BCUT2D eigenvalue weighted by Gasteiger charge is 2.49. The van der Waals surface area contributed by atoms with Crippen molar-refractivity contribution in [3.8, 4) is 11.2 Å². The van der Waals surface area contributed by atoms with Crippen molar-refractivity contribution in [1.82, 2.24) is 15.5 Å². The van der Waals surface area contributed by atoms with Crippen molar-refractivity contribution in [2.45, 2.75) is 301 Å². The Morgan fingerprint density at radius 3 is 1.64 bits per heavy atom. The number of carboxylic acids is 1. The molecule has 3 unspecified atom stereocenters. The number of primary amides is 1. The number of unbranched alkanes of at least 4 members (excludes halogenated alkanes) is 24. The van der Waals surface area contributed by atoms with Crippen molar-refractivity contribution < 1.29 is 87.9 Å². The number of ether oxygens (including phenoxy) is 5. The van der Waals surface area contributed by atoms with E-state index in [4.69, 9.17) is 46.0 Å². The van der Waals surface area contributed by atoms with E-state index in [0.717, 1.165) is 69.6 Å². The van der Waals surface area contributed by atoms with Gasteiger partial charge in [0.05, 0.1) is 19.3 Å². The number of carbonyl (C=O) groups is 7. The molecule has 510 valence electrons. The van der Waals surface area contributed by atoms with Crippen molar-refractivity contribution in [2.75, 3.05) is 32.9 Å². The molecule has 1 aromatic rings. The molecule has 2 heterocycles. The predicted octanol–water partition coefficient (Wildman–Crippen LogP) is 6.64. The van der Waals surface area contributed by atoms with Crippen molar-refractivity contribution in [3.05, 3.63) is 11.9 Å². The second-order valence-electron chi connectivity index (χ2n) is 23.6. The smallest absolute Gasteiger partial charge is 0.326 e. The molecular weight excluding hydrogens is 1160 g/mol. The molecule has 0 spiro atoms. The number of amides is 4. The number of esters is 2. The summed E-state index contributed by atoms with van der Waals surface area (Å²) in [4.78, 5) is 92.7. The summed E-state index contributed by atoms with van der Waals surface area (Å²) in [6.07, 6.45) is 17.1. The summed E-state index contributed by atoms with van der Waals surface area (Å²) in [6, 6.07) is -2.75. The van der Waals surface area contributed by atoms with Crippen LogP contribution >= 0.6 is 8.19 Å². The van der Waals surface area contributed by atoms with Crippen LogP contribution < -0.4 is 32.6 Å². The largest absolute Gasteiger partial charge is 0.504 e. The Bertz CT molecular complexity index is 2090. The highest BCUT2D eigenvalue weighted by atomic mass is 31.0. The van der Waals surface area contributed by atoms with Crippen molar-refractivity contribution in [1.29, 1.82) is 0 Å². The molecule has 0 saturated carbocycles. The SMILES string of the molecule is CCCCCCCCCCCCCCCC(=O)OC([C@H](CO)OC(=O)CCCCCCCCCCCCCCC)[C@@](C)(N)C(=O)N[C@H](CCC(=O)N(CC(C)O[C@H]1[C@H](O)[C@@H](CO)O[C@H](O)[C@@H]1NC(C)=O)[C@@H](C)C(=O)O)C(N)=O.NCCOc1[pH]ccc1O. The molecular formula is C63H115N6O18P. The molecule has 1 aliphatic heterocycles. The fraction of sp³-hybridized carbons (Fsp3) is 0.825. The van der Waals surface area contributed by atoms with Gasteiger partial charge in [0.1, 0.15) is 48.6 Å². The number of carboxylic acid groups (broad SMARTS) is 1. The van der Waals surface area contributed by atoms with Crippen molar-refractivity contribution >= 4 is 49.7 Å². The first kappa shape index (κ1) is 81.4. The number of aliphatic carboxylic acids is 1. The Balaban J connectivity index is 0.00000349. The van der Waals surface area contributed by atoms with E-state index in [1.165, 1.54) is 117 Å². The monoisotopic (exact) mass is 1270 g/mol. The van der Waals surface area contributed by atoms with Gasteiger partial charge >= 0.3 is 17.9 Å². The average molecular weight is 1280 g/mol.